The predicted octanol–water partition coefficient (Wildman–Crippen LogP) is -0.668. The SMILES string of the molecule is CC1CNCC(n2ccc(N)nc2=O)O1. The molecule has 2 unspecified atom stereocenters. The summed E-state index contributed by atoms with van der Waals surface area (Å²) >= 11 is 0. The standard InChI is InChI=1S/C9H14N4O2/c1-6-4-11-5-8(15-6)13-3-2-7(10)12-9(13)14/h2-3,6,8,11H,4-5H2,1H3,(H2,10,12,14). The summed E-state index contributed by atoms with van der Waals surface area (Å²) in [6.07, 6.45) is 1.40. The lowest BCUT2D eigenvalue weighted by Crippen LogP contribution is -2.44. The molecule has 0 aliphatic carbocycles. The lowest BCUT2D eigenvalue weighted by molar-refractivity contribution is -0.0704. The number of hydrogen-bond donors (Lipinski definition) is 2. The summed E-state index contributed by atoms with van der Waals surface area (Å²) in [5, 5.41) is 3.18. The van der Waals surface area contributed by atoms with Gasteiger partial charge in [-0.2, -0.15) is 4.98 Å². The monoisotopic (exact) mass is 210 g/mol. The van der Waals surface area contributed by atoms with Gasteiger partial charge >= 0.3 is 5.69 Å². The number of nitrogens with one attached hydrogen (secondary N) is 1. The summed E-state index contributed by atoms with van der Waals surface area (Å²) in [5.41, 5.74) is 5.02. The van der Waals surface area contributed by atoms with Crippen LogP contribution in [0, 0.1) is 0 Å². The molecular weight excluding hydrogens is 196 g/mol. The molecule has 0 radical (unpaired) electrons. The van der Waals surface area contributed by atoms with Gasteiger partial charge in [-0.1, -0.05) is 0 Å². The van der Waals surface area contributed by atoms with Crippen LogP contribution < -0.4 is 16.7 Å². The summed E-state index contributed by atoms with van der Waals surface area (Å²) in [7, 11) is 0. The van der Waals surface area contributed by atoms with Gasteiger partial charge < -0.3 is 15.8 Å². The van der Waals surface area contributed by atoms with E-state index in [-0.39, 0.29) is 23.8 Å². The van der Waals surface area contributed by atoms with Crippen molar-refractivity contribution >= 4 is 5.82 Å². The Hall–Kier alpha value is -1.40. The van der Waals surface area contributed by atoms with E-state index in [0.717, 1.165) is 6.54 Å². The summed E-state index contributed by atoms with van der Waals surface area (Å²) in [6.45, 7) is 3.36. The van der Waals surface area contributed by atoms with Crippen LogP contribution in [0.25, 0.3) is 0 Å². The predicted molar refractivity (Wildman–Crippen MR) is 55.4 cm³/mol. The molecule has 1 aromatic rings. The maximum Gasteiger partial charge on any atom is 0.351 e. The van der Waals surface area contributed by atoms with Gasteiger partial charge in [-0.3, -0.25) is 4.57 Å². The van der Waals surface area contributed by atoms with Crippen molar-refractivity contribution in [1.82, 2.24) is 14.9 Å². The molecule has 0 saturated carbocycles. The van der Waals surface area contributed by atoms with Crippen molar-refractivity contribution in [2.45, 2.75) is 19.3 Å². The van der Waals surface area contributed by atoms with Crippen molar-refractivity contribution in [1.29, 1.82) is 0 Å². The van der Waals surface area contributed by atoms with Crippen LogP contribution in [-0.4, -0.2) is 28.7 Å². The largest absolute Gasteiger partial charge is 0.383 e. The Morgan fingerprint density at radius 2 is 2.47 bits per heavy atom. The molecule has 1 aliphatic heterocycles. The first kappa shape index (κ1) is 10.1. The minimum atomic E-state index is -0.379. The minimum Gasteiger partial charge on any atom is -0.383 e. The van der Waals surface area contributed by atoms with Crippen molar-refractivity contribution in [2.24, 2.45) is 0 Å². The van der Waals surface area contributed by atoms with E-state index in [1.807, 2.05) is 6.92 Å². The van der Waals surface area contributed by atoms with E-state index in [2.05, 4.69) is 10.3 Å². The number of aromatic nitrogens is 2. The molecule has 15 heavy (non-hydrogen) atoms. The lowest BCUT2D eigenvalue weighted by Gasteiger charge is -2.29. The fraction of sp³-hybridized carbons (Fsp3) is 0.556. The molecule has 2 heterocycles. The molecule has 6 heteroatoms. The van der Waals surface area contributed by atoms with E-state index in [4.69, 9.17) is 10.5 Å². The fourth-order valence-electron chi connectivity index (χ4n) is 1.58. The summed E-state index contributed by atoms with van der Waals surface area (Å²) < 4.78 is 7.06. The topological polar surface area (TPSA) is 82.2 Å². The maximum atomic E-state index is 11.5. The second kappa shape index (κ2) is 4.00. The lowest BCUT2D eigenvalue weighted by atomic mass is 10.3. The van der Waals surface area contributed by atoms with Crippen molar-refractivity contribution < 1.29 is 4.74 Å². The minimum absolute atomic E-state index is 0.0909. The molecule has 0 spiro atoms. The van der Waals surface area contributed by atoms with Crippen molar-refractivity contribution in [3.63, 3.8) is 0 Å². The Bertz CT molecular complexity index is 403. The third-order valence-corrected chi connectivity index (χ3v) is 2.30. The third-order valence-electron chi connectivity index (χ3n) is 2.30. The molecule has 82 valence electrons. The van der Waals surface area contributed by atoms with Gasteiger partial charge in [0.2, 0.25) is 0 Å². The van der Waals surface area contributed by atoms with Gasteiger partial charge in [-0.15, -0.1) is 0 Å². The number of rotatable bonds is 1. The number of morpholine rings is 1. The van der Waals surface area contributed by atoms with Gasteiger partial charge in [0.25, 0.3) is 0 Å². The quantitative estimate of drug-likeness (QED) is 0.642. The fourth-order valence-corrected chi connectivity index (χ4v) is 1.58. The first-order valence-electron chi connectivity index (χ1n) is 4.87. The average molecular weight is 210 g/mol. The van der Waals surface area contributed by atoms with Crippen LogP contribution >= 0.6 is 0 Å². The van der Waals surface area contributed by atoms with Gasteiger partial charge in [0.05, 0.1) is 6.10 Å². The van der Waals surface area contributed by atoms with Gasteiger partial charge in [-0.05, 0) is 13.0 Å². The van der Waals surface area contributed by atoms with Crippen LogP contribution in [0.15, 0.2) is 17.1 Å². The zero-order valence-corrected chi connectivity index (χ0v) is 8.51. The molecule has 6 nitrogen and oxygen atoms in total. The molecule has 3 N–H and O–H groups in total. The Kier molecular flexibility index (Phi) is 2.70. The molecule has 2 rings (SSSR count). The number of nitrogens with zero attached hydrogens (tertiary/aromatic N) is 2. The molecule has 1 aromatic heterocycles. The number of nitrogen functional groups attached to an aromatic ring is 1. The first-order chi connectivity index (χ1) is 7.16. The highest BCUT2D eigenvalue weighted by atomic mass is 16.5. The molecule has 0 amide bonds. The van der Waals surface area contributed by atoms with Crippen LogP contribution in [0.3, 0.4) is 0 Å². The molecule has 1 fully saturated rings. The number of hydrogen-bond acceptors (Lipinski definition) is 5. The maximum absolute atomic E-state index is 11.5. The molecule has 1 saturated heterocycles. The Labute approximate surface area is 87.1 Å². The van der Waals surface area contributed by atoms with Gasteiger partial charge in [0.1, 0.15) is 5.82 Å². The molecule has 2 atom stereocenters. The second-order valence-electron chi connectivity index (χ2n) is 3.60. The van der Waals surface area contributed by atoms with E-state index < -0.39 is 0 Å². The zero-order valence-electron chi connectivity index (χ0n) is 8.51. The smallest absolute Gasteiger partial charge is 0.351 e. The first-order valence-corrected chi connectivity index (χ1v) is 4.87. The molecule has 1 aliphatic rings. The highest BCUT2D eigenvalue weighted by molar-refractivity contribution is 5.23. The number of nitrogens with two attached hydrogens (primary N) is 1. The van der Waals surface area contributed by atoms with Crippen LogP contribution in [0.1, 0.15) is 13.2 Å². The Morgan fingerprint density at radius 1 is 1.67 bits per heavy atom. The second-order valence-corrected chi connectivity index (χ2v) is 3.60. The number of anilines is 1. The normalized spacial score (nSPS) is 26.5. The van der Waals surface area contributed by atoms with E-state index in [1.54, 1.807) is 12.3 Å². The van der Waals surface area contributed by atoms with E-state index in [1.165, 1.54) is 4.57 Å². The highest BCUT2D eigenvalue weighted by Gasteiger charge is 2.20. The third kappa shape index (κ3) is 2.16. The molecule has 0 aromatic carbocycles. The van der Waals surface area contributed by atoms with Crippen molar-refractivity contribution in [3.8, 4) is 0 Å². The van der Waals surface area contributed by atoms with Crippen LogP contribution in [0.5, 0.6) is 0 Å². The summed E-state index contributed by atoms with van der Waals surface area (Å²) in [6, 6.07) is 1.59. The van der Waals surface area contributed by atoms with Crippen LogP contribution in [-0.2, 0) is 4.74 Å². The van der Waals surface area contributed by atoms with E-state index in [0.29, 0.717) is 6.54 Å². The molecule has 0 bridgehead atoms. The van der Waals surface area contributed by atoms with Crippen LogP contribution in [0.4, 0.5) is 5.82 Å². The van der Waals surface area contributed by atoms with E-state index >= 15 is 0 Å². The average Bonchev–Trinajstić information content (AvgIpc) is 2.17. The Balaban J connectivity index is 2.25. The van der Waals surface area contributed by atoms with E-state index in [9.17, 15) is 4.79 Å². The van der Waals surface area contributed by atoms with Crippen LogP contribution in [0.2, 0.25) is 0 Å². The van der Waals surface area contributed by atoms with Gasteiger partial charge in [-0.25, -0.2) is 4.79 Å². The Morgan fingerprint density at radius 3 is 3.13 bits per heavy atom. The van der Waals surface area contributed by atoms with Crippen molar-refractivity contribution in [3.05, 3.63) is 22.7 Å². The highest BCUT2D eigenvalue weighted by Crippen LogP contribution is 2.11. The number of ether oxygens (including phenoxy) is 1. The van der Waals surface area contributed by atoms with Crippen molar-refractivity contribution in [2.75, 3.05) is 18.8 Å². The summed E-state index contributed by atoms with van der Waals surface area (Å²) in [4.78, 5) is 15.2. The van der Waals surface area contributed by atoms with Gasteiger partial charge in [0.15, 0.2) is 6.23 Å². The molecular formula is C9H14N4O2. The van der Waals surface area contributed by atoms with Gasteiger partial charge in [0, 0.05) is 19.3 Å². The zero-order chi connectivity index (χ0) is 10.8. The summed E-state index contributed by atoms with van der Waals surface area (Å²) in [5.74, 6) is 0.230.